The van der Waals surface area contributed by atoms with Gasteiger partial charge < -0.3 is 15.4 Å². The first kappa shape index (κ1) is 12.9. The molecule has 1 aliphatic rings. The van der Waals surface area contributed by atoms with Crippen LogP contribution in [0.1, 0.15) is 29.6 Å². The topological polar surface area (TPSA) is 50.4 Å². The van der Waals surface area contributed by atoms with Crippen molar-refractivity contribution in [3.05, 3.63) is 29.8 Å². The summed E-state index contributed by atoms with van der Waals surface area (Å²) in [5.41, 5.74) is 0.672. The fraction of sp³-hybridized carbons (Fsp3) is 0.500. The molecule has 0 atom stereocenters. The molecule has 0 aliphatic heterocycles. The summed E-state index contributed by atoms with van der Waals surface area (Å²) in [6.07, 6.45) is 3.58. The zero-order chi connectivity index (χ0) is 12.8. The Balaban J connectivity index is 1.65. The highest BCUT2D eigenvalue weighted by atomic mass is 16.5. The van der Waals surface area contributed by atoms with E-state index in [0.29, 0.717) is 12.1 Å². The molecular formula is C14H20N2O2. The Kier molecular flexibility index (Phi) is 4.59. The maximum Gasteiger partial charge on any atom is 0.251 e. The van der Waals surface area contributed by atoms with Crippen molar-refractivity contribution in [3.63, 3.8) is 0 Å². The van der Waals surface area contributed by atoms with Crippen LogP contribution in [0.5, 0.6) is 5.75 Å². The van der Waals surface area contributed by atoms with Crippen LogP contribution >= 0.6 is 0 Å². The van der Waals surface area contributed by atoms with Gasteiger partial charge in [0.15, 0.2) is 0 Å². The van der Waals surface area contributed by atoms with Gasteiger partial charge in [-0.15, -0.1) is 0 Å². The molecule has 0 radical (unpaired) electrons. The number of rotatable bonds is 7. The van der Waals surface area contributed by atoms with Crippen LogP contribution in [0.15, 0.2) is 24.3 Å². The molecule has 1 amide bonds. The van der Waals surface area contributed by atoms with Gasteiger partial charge in [-0.05, 0) is 50.1 Å². The van der Waals surface area contributed by atoms with E-state index in [1.807, 2.05) is 0 Å². The third kappa shape index (κ3) is 4.04. The van der Waals surface area contributed by atoms with Crippen molar-refractivity contribution in [1.82, 2.24) is 10.6 Å². The van der Waals surface area contributed by atoms with Crippen molar-refractivity contribution in [2.75, 3.05) is 20.2 Å². The molecule has 0 bridgehead atoms. The van der Waals surface area contributed by atoms with Crippen molar-refractivity contribution in [1.29, 1.82) is 0 Å². The number of carbonyl (C=O) groups is 1. The van der Waals surface area contributed by atoms with Gasteiger partial charge >= 0.3 is 0 Å². The second kappa shape index (κ2) is 6.40. The van der Waals surface area contributed by atoms with Crippen molar-refractivity contribution in [3.8, 4) is 5.75 Å². The second-order valence-electron chi connectivity index (χ2n) is 4.57. The van der Waals surface area contributed by atoms with Gasteiger partial charge in [0.05, 0.1) is 7.11 Å². The van der Waals surface area contributed by atoms with Crippen LogP contribution in [0, 0.1) is 0 Å². The highest BCUT2D eigenvalue weighted by molar-refractivity contribution is 5.94. The van der Waals surface area contributed by atoms with Crippen LogP contribution in [0.3, 0.4) is 0 Å². The molecule has 1 aromatic carbocycles. The molecule has 2 rings (SSSR count). The molecule has 2 N–H and O–H groups in total. The van der Waals surface area contributed by atoms with Crippen LogP contribution in [0.2, 0.25) is 0 Å². The lowest BCUT2D eigenvalue weighted by atomic mass is 10.2. The summed E-state index contributed by atoms with van der Waals surface area (Å²) >= 11 is 0. The Labute approximate surface area is 108 Å². The Bertz CT molecular complexity index is 385. The summed E-state index contributed by atoms with van der Waals surface area (Å²) < 4.78 is 5.05. The quantitative estimate of drug-likeness (QED) is 0.720. The maximum absolute atomic E-state index is 11.8. The molecule has 1 aromatic rings. The number of hydrogen-bond donors (Lipinski definition) is 2. The average molecular weight is 248 g/mol. The highest BCUT2D eigenvalue weighted by Crippen LogP contribution is 2.18. The smallest absolute Gasteiger partial charge is 0.251 e. The summed E-state index contributed by atoms with van der Waals surface area (Å²) in [6.45, 7) is 1.69. The first-order valence-electron chi connectivity index (χ1n) is 6.45. The van der Waals surface area contributed by atoms with E-state index in [1.54, 1.807) is 31.4 Å². The Morgan fingerprint density at radius 3 is 2.61 bits per heavy atom. The first-order chi connectivity index (χ1) is 8.79. The van der Waals surface area contributed by atoms with Gasteiger partial charge in [0, 0.05) is 18.2 Å². The van der Waals surface area contributed by atoms with Crippen LogP contribution in [0.4, 0.5) is 0 Å². The van der Waals surface area contributed by atoms with Crippen LogP contribution < -0.4 is 15.4 Å². The van der Waals surface area contributed by atoms with Gasteiger partial charge in [-0.25, -0.2) is 0 Å². The van der Waals surface area contributed by atoms with Crippen LogP contribution in [0.25, 0.3) is 0 Å². The second-order valence-corrected chi connectivity index (χ2v) is 4.57. The molecule has 0 saturated heterocycles. The van der Waals surface area contributed by atoms with Crippen LogP contribution in [-0.4, -0.2) is 32.1 Å². The lowest BCUT2D eigenvalue weighted by Crippen LogP contribution is -2.27. The third-order valence-electron chi connectivity index (χ3n) is 3.00. The van der Waals surface area contributed by atoms with E-state index in [0.717, 1.165) is 24.8 Å². The monoisotopic (exact) mass is 248 g/mol. The van der Waals surface area contributed by atoms with Gasteiger partial charge in [0.1, 0.15) is 5.75 Å². The molecule has 4 heteroatoms. The summed E-state index contributed by atoms with van der Waals surface area (Å²) in [4.78, 5) is 11.8. The molecule has 1 saturated carbocycles. The molecule has 0 spiro atoms. The maximum atomic E-state index is 11.8. The number of nitrogens with one attached hydrogen (secondary N) is 2. The van der Waals surface area contributed by atoms with Crippen LogP contribution in [-0.2, 0) is 0 Å². The molecule has 0 aromatic heterocycles. The fourth-order valence-electron chi connectivity index (χ4n) is 1.73. The highest BCUT2D eigenvalue weighted by Gasteiger charge is 2.19. The molecular weight excluding hydrogens is 228 g/mol. The average Bonchev–Trinajstić information content (AvgIpc) is 3.22. The normalized spacial score (nSPS) is 14.3. The predicted octanol–water partition coefficient (Wildman–Crippen LogP) is 1.57. The number of amides is 1. The largest absolute Gasteiger partial charge is 0.497 e. The van der Waals surface area contributed by atoms with E-state index in [2.05, 4.69) is 10.6 Å². The van der Waals surface area contributed by atoms with E-state index < -0.39 is 0 Å². The lowest BCUT2D eigenvalue weighted by Gasteiger charge is -2.06. The van der Waals surface area contributed by atoms with Crippen molar-refractivity contribution < 1.29 is 9.53 Å². The number of hydrogen-bond acceptors (Lipinski definition) is 3. The van der Waals surface area contributed by atoms with E-state index in [1.165, 1.54) is 12.8 Å². The molecule has 1 fully saturated rings. The van der Waals surface area contributed by atoms with Gasteiger partial charge in [-0.1, -0.05) is 0 Å². The molecule has 0 heterocycles. The van der Waals surface area contributed by atoms with Gasteiger partial charge in [-0.3, -0.25) is 4.79 Å². The first-order valence-corrected chi connectivity index (χ1v) is 6.45. The number of carbonyl (C=O) groups excluding carboxylic acids is 1. The number of methoxy groups -OCH3 is 1. The van der Waals surface area contributed by atoms with Gasteiger partial charge in [0.2, 0.25) is 0 Å². The summed E-state index contributed by atoms with van der Waals surface area (Å²) in [5.74, 6) is 0.740. The fourth-order valence-corrected chi connectivity index (χ4v) is 1.73. The summed E-state index contributed by atoms with van der Waals surface area (Å²) in [6, 6.07) is 7.88. The van der Waals surface area contributed by atoms with Gasteiger partial charge in [0.25, 0.3) is 5.91 Å². The van der Waals surface area contributed by atoms with E-state index in [4.69, 9.17) is 4.74 Å². The minimum Gasteiger partial charge on any atom is -0.497 e. The summed E-state index contributed by atoms with van der Waals surface area (Å²) in [5, 5.41) is 6.33. The molecule has 18 heavy (non-hydrogen) atoms. The predicted molar refractivity (Wildman–Crippen MR) is 71.0 cm³/mol. The van der Waals surface area contributed by atoms with Gasteiger partial charge in [-0.2, -0.15) is 0 Å². The molecule has 0 unspecified atom stereocenters. The van der Waals surface area contributed by atoms with E-state index >= 15 is 0 Å². The molecule has 4 nitrogen and oxygen atoms in total. The van der Waals surface area contributed by atoms with Crippen molar-refractivity contribution in [2.24, 2.45) is 0 Å². The third-order valence-corrected chi connectivity index (χ3v) is 3.00. The number of ether oxygens (including phenoxy) is 1. The van der Waals surface area contributed by atoms with Crippen molar-refractivity contribution in [2.45, 2.75) is 25.3 Å². The SMILES string of the molecule is COc1ccc(C(=O)NCCCNC2CC2)cc1. The number of benzene rings is 1. The zero-order valence-electron chi connectivity index (χ0n) is 10.7. The van der Waals surface area contributed by atoms with E-state index in [9.17, 15) is 4.79 Å². The lowest BCUT2D eigenvalue weighted by molar-refractivity contribution is 0.0953. The minimum absolute atomic E-state index is 0.0240. The summed E-state index contributed by atoms with van der Waals surface area (Å²) in [7, 11) is 1.61. The Morgan fingerprint density at radius 1 is 1.28 bits per heavy atom. The molecule has 98 valence electrons. The van der Waals surface area contributed by atoms with Crippen molar-refractivity contribution >= 4 is 5.91 Å². The minimum atomic E-state index is -0.0240. The molecule has 1 aliphatic carbocycles. The standard InChI is InChI=1S/C14H20N2O2/c1-18-13-7-3-11(4-8-13)14(17)16-10-2-9-15-12-5-6-12/h3-4,7-8,12,15H,2,5-6,9-10H2,1H3,(H,16,17). The zero-order valence-corrected chi connectivity index (χ0v) is 10.7. The Morgan fingerprint density at radius 2 is 2.00 bits per heavy atom. The van der Waals surface area contributed by atoms with E-state index in [-0.39, 0.29) is 5.91 Å². The Hall–Kier alpha value is -1.55.